The van der Waals surface area contributed by atoms with E-state index in [0.29, 0.717) is 0 Å². The Balaban J connectivity index is 1.07. The second kappa shape index (κ2) is 12.5. The first kappa shape index (κ1) is 31.7. The summed E-state index contributed by atoms with van der Waals surface area (Å²) in [5.41, 5.74) is 15.5. The molecule has 0 aliphatic carbocycles. The number of para-hydroxylation sites is 6. The molecule has 12 aromatic rings. The van der Waals surface area contributed by atoms with E-state index in [9.17, 15) is 0 Å². The minimum Gasteiger partial charge on any atom is -0.309 e. The Hall–Kier alpha value is -7.62. The molecule has 0 aliphatic rings. The molecule has 0 amide bonds. The van der Waals surface area contributed by atoms with E-state index >= 15 is 0 Å². The van der Waals surface area contributed by atoms with Crippen molar-refractivity contribution < 1.29 is 0 Å². The van der Waals surface area contributed by atoms with Crippen molar-refractivity contribution >= 4 is 65.4 Å². The fourth-order valence-electron chi connectivity index (χ4n) is 9.36. The van der Waals surface area contributed by atoms with Gasteiger partial charge in [0, 0.05) is 49.4 Å². The van der Waals surface area contributed by atoms with Crippen LogP contribution in [0, 0.1) is 0 Å². The lowest BCUT2D eigenvalue weighted by Crippen LogP contribution is -1.99. The van der Waals surface area contributed by atoms with E-state index in [2.05, 4.69) is 226 Å². The Bertz CT molecular complexity index is 3420. The fourth-order valence-corrected chi connectivity index (χ4v) is 9.36. The van der Waals surface area contributed by atoms with Crippen LogP contribution < -0.4 is 0 Å². The lowest BCUT2D eigenvalue weighted by Gasteiger charge is -2.14. The van der Waals surface area contributed by atoms with Gasteiger partial charge in [-0.05, 0) is 89.0 Å². The average Bonchev–Trinajstić information content (AvgIpc) is 3.93. The molecule has 12 rings (SSSR count). The van der Waals surface area contributed by atoms with Gasteiger partial charge in [-0.1, -0.05) is 146 Å². The predicted molar refractivity (Wildman–Crippen MR) is 240 cm³/mol. The van der Waals surface area contributed by atoms with Crippen molar-refractivity contribution in [2.24, 2.45) is 0 Å². The van der Waals surface area contributed by atoms with E-state index in [0.717, 1.165) is 17.1 Å². The zero-order chi connectivity index (χ0) is 37.5. The van der Waals surface area contributed by atoms with Gasteiger partial charge in [-0.15, -0.1) is 0 Å². The standard InChI is InChI=1S/C54H35N3/c1-3-15-39(16-4-1)56-50-25-13-9-21-44(50)47-35-46(52-45-22-10-14-26-51(45)57(54(52)53(47)56)40-17-5-2-6-18-40)38-29-27-36(28-30-38)37-31-33-41(34-32-37)55-48-23-11-7-19-42(48)43-20-8-12-24-49(43)55/h1-35H. The van der Waals surface area contributed by atoms with E-state index in [1.54, 1.807) is 0 Å². The molecule has 3 nitrogen and oxygen atoms in total. The van der Waals surface area contributed by atoms with Crippen LogP contribution in [0.4, 0.5) is 0 Å². The molecule has 0 radical (unpaired) electrons. The highest BCUT2D eigenvalue weighted by atomic mass is 15.0. The van der Waals surface area contributed by atoms with Crippen LogP contribution in [-0.2, 0) is 0 Å². The Labute approximate surface area is 329 Å². The van der Waals surface area contributed by atoms with Crippen LogP contribution in [0.25, 0.3) is 105 Å². The normalized spacial score (nSPS) is 11.9. The monoisotopic (exact) mass is 725 g/mol. The van der Waals surface area contributed by atoms with Crippen molar-refractivity contribution in [2.75, 3.05) is 0 Å². The van der Waals surface area contributed by atoms with E-state index in [-0.39, 0.29) is 0 Å². The van der Waals surface area contributed by atoms with Crippen molar-refractivity contribution in [2.45, 2.75) is 0 Å². The third-order valence-corrected chi connectivity index (χ3v) is 11.8. The predicted octanol–water partition coefficient (Wildman–Crippen LogP) is 14.3. The highest BCUT2D eigenvalue weighted by Gasteiger charge is 2.24. The smallest absolute Gasteiger partial charge is 0.0795 e. The summed E-state index contributed by atoms with van der Waals surface area (Å²) in [5, 5.41) is 7.52. The van der Waals surface area contributed by atoms with Crippen LogP contribution in [-0.4, -0.2) is 13.7 Å². The molecule has 9 aromatic carbocycles. The summed E-state index contributed by atoms with van der Waals surface area (Å²) in [6.07, 6.45) is 0. The van der Waals surface area contributed by atoms with Gasteiger partial charge in [0.1, 0.15) is 0 Å². The lowest BCUT2D eigenvalue weighted by atomic mass is 9.95. The minimum absolute atomic E-state index is 1.15. The molecule has 0 saturated carbocycles. The van der Waals surface area contributed by atoms with Crippen molar-refractivity contribution in [1.29, 1.82) is 0 Å². The van der Waals surface area contributed by atoms with Gasteiger partial charge in [0.05, 0.1) is 33.1 Å². The summed E-state index contributed by atoms with van der Waals surface area (Å²) in [7, 11) is 0. The molecule has 0 bridgehead atoms. The molecule has 0 spiro atoms. The Morgan fingerprint density at radius 1 is 0.246 bits per heavy atom. The molecule has 3 heterocycles. The first-order valence-corrected chi connectivity index (χ1v) is 19.6. The molecule has 0 unspecified atom stereocenters. The molecule has 0 N–H and O–H groups in total. The number of aromatic nitrogens is 3. The Morgan fingerprint density at radius 3 is 1.16 bits per heavy atom. The molecular formula is C54H35N3. The summed E-state index contributed by atoms with van der Waals surface area (Å²) in [6, 6.07) is 77.3. The molecule has 3 heteroatoms. The van der Waals surface area contributed by atoms with Crippen molar-refractivity contribution in [3.05, 3.63) is 212 Å². The molecule has 0 aliphatic heterocycles. The number of hydrogen-bond acceptors (Lipinski definition) is 0. The highest BCUT2D eigenvalue weighted by Crippen LogP contribution is 2.46. The molecule has 0 saturated heterocycles. The molecular weight excluding hydrogens is 691 g/mol. The Kier molecular flexibility index (Phi) is 6.93. The summed E-state index contributed by atoms with van der Waals surface area (Å²) in [5.74, 6) is 0. The lowest BCUT2D eigenvalue weighted by molar-refractivity contribution is 1.15. The quantitative estimate of drug-likeness (QED) is 0.168. The van der Waals surface area contributed by atoms with Gasteiger partial charge < -0.3 is 13.7 Å². The van der Waals surface area contributed by atoms with Crippen molar-refractivity contribution in [1.82, 2.24) is 13.7 Å². The maximum Gasteiger partial charge on any atom is 0.0795 e. The second-order valence-electron chi connectivity index (χ2n) is 14.9. The zero-order valence-corrected chi connectivity index (χ0v) is 31.0. The number of fused-ring (bicyclic) bond motifs is 10. The van der Waals surface area contributed by atoms with Crippen LogP contribution in [0.1, 0.15) is 0 Å². The SMILES string of the molecule is c1ccc(-n2c3ccccc3c3cc(-c4ccc(-c5ccc(-n6c7ccccc7c7ccccc76)cc5)cc4)c4c5ccccc5n(-c5ccccc5)c4c32)cc1. The second-order valence-corrected chi connectivity index (χ2v) is 14.9. The van der Waals surface area contributed by atoms with Crippen LogP contribution in [0.2, 0.25) is 0 Å². The number of rotatable bonds is 5. The molecule has 3 aromatic heterocycles. The zero-order valence-electron chi connectivity index (χ0n) is 31.0. The summed E-state index contributed by atoms with van der Waals surface area (Å²) in [6.45, 7) is 0. The minimum atomic E-state index is 1.15. The first-order valence-electron chi connectivity index (χ1n) is 19.6. The summed E-state index contributed by atoms with van der Waals surface area (Å²) >= 11 is 0. The van der Waals surface area contributed by atoms with Crippen LogP contribution >= 0.6 is 0 Å². The number of nitrogens with zero attached hydrogens (tertiary/aromatic N) is 3. The van der Waals surface area contributed by atoms with Gasteiger partial charge in [-0.2, -0.15) is 0 Å². The van der Waals surface area contributed by atoms with Crippen molar-refractivity contribution in [3.8, 4) is 39.3 Å². The van der Waals surface area contributed by atoms with E-state index in [4.69, 9.17) is 0 Å². The fraction of sp³-hybridized carbons (Fsp3) is 0. The highest BCUT2D eigenvalue weighted by molar-refractivity contribution is 6.28. The first-order chi connectivity index (χ1) is 28.3. The molecule has 0 atom stereocenters. The van der Waals surface area contributed by atoms with Crippen LogP contribution in [0.3, 0.4) is 0 Å². The Morgan fingerprint density at radius 2 is 0.614 bits per heavy atom. The molecule has 0 fully saturated rings. The molecule has 266 valence electrons. The third-order valence-electron chi connectivity index (χ3n) is 11.8. The van der Waals surface area contributed by atoms with Gasteiger partial charge in [0.2, 0.25) is 0 Å². The van der Waals surface area contributed by atoms with E-state index in [1.165, 1.54) is 87.7 Å². The summed E-state index contributed by atoms with van der Waals surface area (Å²) < 4.78 is 7.31. The van der Waals surface area contributed by atoms with E-state index < -0.39 is 0 Å². The molecule has 57 heavy (non-hydrogen) atoms. The van der Waals surface area contributed by atoms with Gasteiger partial charge in [-0.3, -0.25) is 0 Å². The largest absolute Gasteiger partial charge is 0.309 e. The van der Waals surface area contributed by atoms with Gasteiger partial charge in [0.25, 0.3) is 0 Å². The van der Waals surface area contributed by atoms with Gasteiger partial charge in [0.15, 0.2) is 0 Å². The van der Waals surface area contributed by atoms with Gasteiger partial charge >= 0.3 is 0 Å². The van der Waals surface area contributed by atoms with Crippen LogP contribution in [0.5, 0.6) is 0 Å². The topological polar surface area (TPSA) is 14.8 Å². The number of benzene rings is 9. The van der Waals surface area contributed by atoms with Crippen LogP contribution in [0.15, 0.2) is 212 Å². The van der Waals surface area contributed by atoms with E-state index in [1.807, 2.05) is 0 Å². The third kappa shape index (κ3) is 4.73. The maximum absolute atomic E-state index is 2.47. The van der Waals surface area contributed by atoms with Crippen molar-refractivity contribution in [3.63, 3.8) is 0 Å². The van der Waals surface area contributed by atoms with Gasteiger partial charge in [-0.25, -0.2) is 0 Å². The number of hydrogen-bond donors (Lipinski definition) is 0. The maximum atomic E-state index is 2.47. The summed E-state index contributed by atoms with van der Waals surface area (Å²) in [4.78, 5) is 0. The average molecular weight is 726 g/mol.